The first-order valence-corrected chi connectivity index (χ1v) is 10.8. The molecule has 0 spiro atoms. The number of ether oxygens (including phenoxy) is 2. The fraction of sp³-hybridized carbons (Fsp3) is 0.455. The molecule has 150 valence electrons. The summed E-state index contributed by atoms with van der Waals surface area (Å²) in [5.74, 6) is 0. The van der Waals surface area contributed by atoms with E-state index in [1.54, 1.807) is 0 Å². The minimum absolute atomic E-state index is 0.0741. The molecule has 2 aromatic rings. The molecule has 5 nitrogen and oxygen atoms in total. The van der Waals surface area contributed by atoms with Crippen LogP contribution in [0, 0.1) is 10.8 Å². The lowest BCUT2D eigenvalue weighted by Gasteiger charge is -2.42. The van der Waals surface area contributed by atoms with Gasteiger partial charge in [0.15, 0.2) is 0 Å². The monoisotopic (exact) mass is 402 g/mol. The van der Waals surface area contributed by atoms with Gasteiger partial charge >= 0.3 is 8.60 Å². The van der Waals surface area contributed by atoms with Crippen LogP contribution in [0.2, 0.25) is 0 Å². The van der Waals surface area contributed by atoms with E-state index < -0.39 is 8.60 Å². The standard InChI is InChI=1S/C22H27O5P/c23-28(26-17-21(13-24-14-21)11-19-7-3-1-4-8-19)27-18-22(15-25-16-22)12-20-9-5-2-6-10-20/h1-10,23H,11-18H2. The Balaban J connectivity index is 1.25. The molecule has 2 saturated heterocycles. The third kappa shape index (κ3) is 4.98. The summed E-state index contributed by atoms with van der Waals surface area (Å²) in [4.78, 5) is 10.3. The van der Waals surface area contributed by atoms with Crippen molar-refractivity contribution in [1.82, 2.24) is 0 Å². The summed E-state index contributed by atoms with van der Waals surface area (Å²) >= 11 is 0. The van der Waals surface area contributed by atoms with Crippen LogP contribution < -0.4 is 0 Å². The van der Waals surface area contributed by atoms with Crippen LogP contribution in [0.5, 0.6) is 0 Å². The van der Waals surface area contributed by atoms with Gasteiger partial charge in [-0.2, -0.15) is 0 Å². The highest BCUT2D eigenvalue weighted by molar-refractivity contribution is 7.40. The molecule has 0 atom stereocenters. The van der Waals surface area contributed by atoms with Crippen molar-refractivity contribution in [3.05, 3.63) is 71.8 Å². The Hall–Kier alpha value is -1.33. The molecule has 2 fully saturated rings. The second kappa shape index (κ2) is 9.00. The molecule has 28 heavy (non-hydrogen) atoms. The Bertz CT molecular complexity index is 668. The molecule has 0 unspecified atom stereocenters. The third-order valence-corrected chi connectivity index (χ3v) is 6.14. The van der Waals surface area contributed by atoms with Gasteiger partial charge in [-0.3, -0.25) is 0 Å². The Morgan fingerprint density at radius 3 is 1.43 bits per heavy atom. The first-order chi connectivity index (χ1) is 13.7. The van der Waals surface area contributed by atoms with Crippen molar-refractivity contribution >= 4 is 8.60 Å². The SMILES string of the molecule is OP(OCC1(Cc2ccccc2)COC1)OCC1(Cc2ccccc2)COC1. The van der Waals surface area contributed by atoms with Crippen LogP contribution in [0.25, 0.3) is 0 Å². The van der Waals surface area contributed by atoms with Crippen LogP contribution in [-0.2, 0) is 31.4 Å². The lowest BCUT2D eigenvalue weighted by Crippen LogP contribution is -2.48. The molecule has 2 aliphatic heterocycles. The molecule has 0 aromatic heterocycles. The van der Waals surface area contributed by atoms with Gasteiger partial charge in [-0.1, -0.05) is 60.7 Å². The van der Waals surface area contributed by atoms with Crippen LogP contribution in [0.15, 0.2) is 60.7 Å². The minimum atomic E-state index is -1.91. The van der Waals surface area contributed by atoms with E-state index in [9.17, 15) is 4.89 Å². The van der Waals surface area contributed by atoms with Gasteiger partial charge in [0.1, 0.15) is 0 Å². The van der Waals surface area contributed by atoms with Crippen LogP contribution in [-0.4, -0.2) is 44.5 Å². The van der Waals surface area contributed by atoms with Gasteiger partial charge in [0.25, 0.3) is 0 Å². The summed E-state index contributed by atoms with van der Waals surface area (Å²) in [5.41, 5.74) is 2.36. The molecular weight excluding hydrogens is 375 g/mol. The molecule has 1 N–H and O–H groups in total. The number of rotatable bonds is 10. The van der Waals surface area contributed by atoms with Crippen LogP contribution in [0.3, 0.4) is 0 Å². The Morgan fingerprint density at radius 2 is 1.11 bits per heavy atom. The van der Waals surface area contributed by atoms with Crippen molar-refractivity contribution in [2.45, 2.75) is 12.8 Å². The smallest absolute Gasteiger partial charge is 0.329 e. The highest BCUT2D eigenvalue weighted by Gasteiger charge is 2.42. The summed E-state index contributed by atoms with van der Waals surface area (Å²) in [6, 6.07) is 20.6. The quantitative estimate of drug-likeness (QED) is 0.614. The van der Waals surface area contributed by atoms with Gasteiger partial charge in [0.2, 0.25) is 0 Å². The largest absolute Gasteiger partial charge is 0.380 e. The summed E-state index contributed by atoms with van der Waals surface area (Å²) < 4.78 is 22.3. The molecule has 2 aromatic carbocycles. The maximum Gasteiger partial charge on any atom is 0.329 e. The predicted molar refractivity (Wildman–Crippen MR) is 108 cm³/mol. The molecule has 2 aliphatic rings. The minimum Gasteiger partial charge on any atom is -0.380 e. The van der Waals surface area contributed by atoms with Crippen molar-refractivity contribution in [2.24, 2.45) is 10.8 Å². The number of hydrogen-bond acceptors (Lipinski definition) is 5. The number of benzene rings is 2. The Morgan fingerprint density at radius 1 is 0.714 bits per heavy atom. The topological polar surface area (TPSA) is 57.2 Å². The molecule has 0 radical (unpaired) electrons. The van der Waals surface area contributed by atoms with Gasteiger partial charge in [-0.25, -0.2) is 0 Å². The molecule has 6 heteroatoms. The van der Waals surface area contributed by atoms with Crippen molar-refractivity contribution in [2.75, 3.05) is 39.6 Å². The van der Waals surface area contributed by atoms with Crippen molar-refractivity contribution < 1.29 is 23.4 Å². The number of hydrogen-bond donors (Lipinski definition) is 1. The summed E-state index contributed by atoms with van der Waals surface area (Å²) in [5, 5.41) is 0. The molecular formula is C22H27O5P. The molecule has 0 amide bonds. The highest BCUT2D eigenvalue weighted by Crippen LogP contribution is 2.42. The van der Waals surface area contributed by atoms with Gasteiger partial charge in [-0.05, 0) is 24.0 Å². The predicted octanol–water partition coefficient (Wildman–Crippen LogP) is 3.76. The molecule has 0 bridgehead atoms. The zero-order chi connectivity index (χ0) is 19.3. The molecule has 0 saturated carbocycles. The highest BCUT2D eigenvalue weighted by atomic mass is 31.2. The van der Waals surface area contributed by atoms with Gasteiger partial charge in [-0.15, -0.1) is 0 Å². The summed E-state index contributed by atoms with van der Waals surface area (Å²) in [6.45, 7) is 3.47. The van der Waals surface area contributed by atoms with Crippen LogP contribution in [0.1, 0.15) is 11.1 Å². The van der Waals surface area contributed by atoms with Crippen molar-refractivity contribution in [3.63, 3.8) is 0 Å². The lowest BCUT2D eigenvalue weighted by atomic mass is 9.81. The van der Waals surface area contributed by atoms with Crippen molar-refractivity contribution in [1.29, 1.82) is 0 Å². The zero-order valence-corrected chi connectivity index (χ0v) is 16.9. The molecule has 0 aliphatic carbocycles. The van der Waals surface area contributed by atoms with E-state index in [2.05, 4.69) is 24.3 Å². The van der Waals surface area contributed by atoms with E-state index >= 15 is 0 Å². The fourth-order valence-corrected chi connectivity index (χ4v) is 4.58. The second-order valence-electron chi connectivity index (χ2n) is 8.10. The summed E-state index contributed by atoms with van der Waals surface area (Å²) in [6.07, 6.45) is 1.76. The first-order valence-electron chi connectivity index (χ1n) is 9.65. The Kier molecular flexibility index (Phi) is 6.42. The van der Waals surface area contributed by atoms with Gasteiger partial charge in [0.05, 0.1) is 39.6 Å². The fourth-order valence-electron chi connectivity index (χ4n) is 3.73. The average molecular weight is 402 g/mol. The van der Waals surface area contributed by atoms with Crippen LogP contribution in [0.4, 0.5) is 0 Å². The third-order valence-electron chi connectivity index (χ3n) is 5.44. The van der Waals surface area contributed by atoms with E-state index in [4.69, 9.17) is 18.5 Å². The average Bonchev–Trinajstić information content (AvgIpc) is 2.67. The van der Waals surface area contributed by atoms with E-state index in [1.165, 1.54) is 11.1 Å². The van der Waals surface area contributed by atoms with Gasteiger partial charge in [0, 0.05) is 10.8 Å². The van der Waals surface area contributed by atoms with E-state index in [1.807, 2.05) is 36.4 Å². The maximum atomic E-state index is 10.3. The second-order valence-corrected chi connectivity index (χ2v) is 9.09. The van der Waals surface area contributed by atoms with Crippen LogP contribution >= 0.6 is 8.60 Å². The van der Waals surface area contributed by atoms with E-state index in [0.29, 0.717) is 39.6 Å². The van der Waals surface area contributed by atoms with E-state index in [0.717, 1.165) is 12.8 Å². The van der Waals surface area contributed by atoms with E-state index in [-0.39, 0.29) is 10.8 Å². The lowest BCUT2D eigenvalue weighted by molar-refractivity contribution is -0.141. The maximum absolute atomic E-state index is 10.3. The Labute approximate surface area is 167 Å². The zero-order valence-electron chi connectivity index (χ0n) is 16.0. The molecule has 2 heterocycles. The van der Waals surface area contributed by atoms with Crippen molar-refractivity contribution in [3.8, 4) is 0 Å². The first kappa shape index (κ1) is 20.0. The van der Waals surface area contributed by atoms with Gasteiger partial charge < -0.3 is 23.4 Å². The molecule has 4 rings (SSSR count). The normalized spacial score (nSPS) is 19.8. The summed E-state index contributed by atoms with van der Waals surface area (Å²) in [7, 11) is -1.91.